The maximum absolute atomic E-state index is 2.57. The summed E-state index contributed by atoms with van der Waals surface area (Å²) in [6.45, 7) is 9.15. The Morgan fingerprint density at radius 1 is 0.600 bits per heavy atom. The summed E-state index contributed by atoms with van der Waals surface area (Å²) in [6, 6.07) is 22.8. The third-order valence-electron chi connectivity index (χ3n) is 4.05. The summed E-state index contributed by atoms with van der Waals surface area (Å²) in [5.74, 6) is 0. The molecule has 0 aliphatic carbocycles. The molecule has 1 nitrogen and oxygen atoms in total. The Bertz CT molecular complexity index is 458. The molecule has 0 amide bonds. The van der Waals surface area contributed by atoms with Crippen molar-refractivity contribution >= 4 is 0 Å². The summed E-state index contributed by atoms with van der Waals surface area (Å²) < 4.78 is 0. The Balaban J connectivity index is 2.28. The molecular formula is C19H25N. The Hall–Kier alpha value is -1.60. The lowest BCUT2D eigenvalue weighted by Crippen LogP contribution is -2.35. The molecule has 2 rings (SSSR count). The van der Waals surface area contributed by atoms with E-state index >= 15 is 0 Å². The van der Waals surface area contributed by atoms with Crippen LogP contribution in [0.1, 0.15) is 50.9 Å². The smallest absolute Gasteiger partial charge is 0.0328 e. The highest BCUT2D eigenvalue weighted by Crippen LogP contribution is 2.32. The fraction of sp³-hybridized carbons (Fsp3) is 0.368. The van der Waals surface area contributed by atoms with Crippen LogP contribution in [0.2, 0.25) is 0 Å². The predicted octanol–water partition coefficient (Wildman–Crippen LogP) is 5.22. The highest BCUT2D eigenvalue weighted by Gasteiger charge is 2.24. The van der Waals surface area contributed by atoms with Gasteiger partial charge < -0.3 is 0 Å². The van der Waals surface area contributed by atoms with Crippen molar-refractivity contribution in [3.63, 3.8) is 0 Å². The number of hydrogen-bond donors (Lipinski definition) is 0. The Kier molecular flexibility index (Phi) is 4.97. The molecular weight excluding hydrogens is 242 g/mol. The molecule has 0 fully saturated rings. The van der Waals surface area contributed by atoms with E-state index in [4.69, 9.17) is 0 Å². The van der Waals surface area contributed by atoms with Gasteiger partial charge in [-0.1, -0.05) is 60.7 Å². The molecule has 0 bridgehead atoms. The van der Waals surface area contributed by atoms with Crippen LogP contribution in [0.3, 0.4) is 0 Å². The van der Waals surface area contributed by atoms with Crippen LogP contribution in [0.5, 0.6) is 0 Å². The Labute approximate surface area is 123 Å². The minimum atomic E-state index is 0.409. The van der Waals surface area contributed by atoms with Crippen molar-refractivity contribution < 1.29 is 0 Å². The molecule has 2 atom stereocenters. The normalized spacial score (nSPS) is 14.5. The zero-order chi connectivity index (χ0) is 14.5. The van der Waals surface area contributed by atoms with Gasteiger partial charge in [0.1, 0.15) is 0 Å². The summed E-state index contributed by atoms with van der Waals surface area (Å²) in [4.78, 5) is 2.57. The van der Waals surface area contributed by atoms with E-state index in [0.29, 0.717) is 18.1 Å². The first-order chi connectivity index (χ1) is 9.61. The maximum atomic E-state index is 2.57. The Morgan fingerprint density at radius 3 is 1.25 bits per heavy atom. The molecule has 2 aromatic carbocycles. The van der Waals surface area contributed by atoms with Gasteiger partial charge in [0.2, 0.25) is 0 Å². The van der Waals surface area contributed by atoms with Crippen molar-refractivity contribution in [3.05, 3.63) is 71.8 Å². The second-order valence-corrected chi connectivity index (χ2v) is 5.71. The number of rotatable bonds is 5. The van der Waals surface area contributed by atoms with E-state index in [-0.39, 0.29) is 0 Å². The van der Waals surface area contributed by atoms with Gasteiger partial charge in [0.05, 0.1) is 0 Å². The SMILES string of the molecule is CC(C)N([C@@H](C)c1ccccc1)[C@@H](C)c1ccccc1. The lowest BCUT2D eigenvalue weighted by molar-refractivity contribution is 0.113. The summed E-state index contributed by atoms with van der Waals surface area (Å²) in [5.41, 5.74) is 2.76. The molecule has 0 N–H and O–H groups in total. The van der Waals surface area contributed by atoms with Gasteiger partial charge in [0.15, 0.2) is 0 Å². The van der Waals surface area contributed by atoms with E-state index in [1.807, 2.05) is 0 Å². The molecule has 0 unspecified atom stereocenters. The van der Waals surface area contributed by atoms with Gasteiger partial charge in [-0.2, -0.15) is 0 Å². The lowest BCUT2D eigenvalue weighted by atomic mass is 9.99. The third kappa shape index (κ3) is 3.29. The molecule has 0 aromatic heterocycles. The second-order valence-electron chi connectivity index (χ2n) is 5.71. The van der Waals surface area contributed by atoms with E-state index < -0.39 is 0 Å². The fourth-order valence-corrected chi connectivity index (χ4v) is 3.04. The van der Waals surface area contributed by atoms with Gasteiger partial charge in [-0.15, -0.1) is 0 Å². The van der Waals surface area contributed by atoms with Crippen molar-refractivity contribution in [2.45, 2.75) is 45.8 Å². The number of nitrogens with zero attached hydrogens (tertiary/aromatic N) is 1. The van der Waals surface area contributed by atoms with Crippen molar-refractivity contribution in [1.82, 2.24) is 4.90 Å². The van der Waals surface area contributed by atoms with Crippen LogP contribution in [0.4, 0.5) is 0 Å². The molecule has 0 saturated carbocycles. The third-order valence-corrected chi connectivity index (χ3v) is 4.05. The zero-order valence-corrected chi connectivity index (χ0v) is 13.0. The highest BCUT2D eigenvalue weighted by molar-refractivity contribution is 5.22. The van der Waals surface area contributed by atoms with Crippen molar-refractivity contribution in [3.8, 4) is 0 Å². The minimum Gasteiger partial charge on any atom is -0.287 e. The topological polar surface area (TPSA) is 3.24 Å². The van der Waals surface area contributed by atoms with E-state index in [0.717, 1.165) is 0 Å². The first-order valence-corrected chi connectivity index (χ1v) is 7.48. The molecule has 0 aliphatic rings. The van der Waals surface area contributed by atoms with Crippen LogP contribution < -0.4 is 0 Å². The summed E-state index contributed by atoms with van der Waals surface area (Å²) in [5, 5.41) is 0. The number of hydrogen-bond acceptors (Lipinski definition) is 1. The highest BCUT2D eigenvalue weighted by atomic mass is 15.2. The van der Waals surface area contributed by atoms with E-state index in [1.165, 1.54) is 11.1 Å². The predicted molar refractivity (Wildman–Crippen MR) is 86.7 cm³/mol. The van der Waals surface area contributed by atoms with E-state index in [2.05, 4.69) is 93.3 Å². The van der Waals surface area contributed by atoms with Crippen molar-refractivity contribution in [1.29, 1.82) is 0 Å². The summed E-state index contributed by atoms with van der Waals surface area (Å²) in [6.07, 6.45) is 0. The van der Waals surface area contributed by atoms with Gasteiger partial charge >= 0.3 is 0 Å². The standard InChI is InChI=1S/C19H25N/c1-15(2)20(16(3)18-11-7-5-8-12-18)17(4)19-13-9-6-10-14-19/h5-17H,1-4H3/t16-,17-/m0/s1. The van der Waals surface area contributed by atoms with E-state index in [1.54, 1.807) is 0 Å². The average molecular weight is 267 g/mol. The first-order valence-electron chi connectivity index (χ1n) is 7.48. The van der Waals surface area contributed by atoms with Crippen LogP contribution in [-0.2, 0) is 0 Å². The van der Waals surface area contributed by atoms with Gasteiger partial charge in [0, 0.05) is 18.1 Å². The van der Waals surface area contributed by atoms with Gasteiger partial charge in [0.25, 0.3) is 0 Å². The molecule has 0 spiro atoms. The van der Waals surface area contributed by atoms with E-state index in [9.17, 15) is 0 Å². The molecule has 20 heavy (non-hydrogen) atoms. The quantitative estimate of drug-likeness (QED) is 0.718. The minimum absolute atomic E-state index is 0.409. The Morgan fingerprint density at radius 2 is 0.950 bits per heavy atom. The van der Waals surface area contributed by atoms with Crippen LogP contribution in [-0.4, -0.2) is 10.9 Å². The van der Waals surface area contributed by atoms with Crippen LogP contribution >= 0.6 is 0 Å². The monoisotopic (exact) mass is 267 g/mol. The molecule has 0 saturated heterocycles. The lowest BCUT2D eigenvalue weighted by Gasteiger charge is -2.38. The van der Waals surface area contributed by atoms with Gasteiger partial charge in [-0.25, -0.2) is 0 Å². The fourth-order valence-electron chi connectivity index (χ4n) is 3.04. The molecule has 0 heterocycles. The van der Waals surface area contributed by atoms with Crippen LogP contribution in [0, 0.1) is 0 Å². The summed E-state index contributed by atoms with van der Waals surface area (Å²) in [7, 11) is 0. The average Bonchev–Trinajstić information content (AvgIpc) is 2.48. The largest absolute Gasteiger partial charge is 0.287 e. The molecule has 2 aromatic rings. The maximum Gasteiger partial charge on any atom is 0.0328 e. The zero-order valence-electron chi connectivity index (χ0n) is 13.0. The summed E-state index contributed by atoms with van der Waals surface area (Å²) >= 11 is 0. The van der Waals surface area contributed by atoms with Crippen LogP contribution in [0.25, 0.3) is 0 Å². The molecule has 0 radical (unpaired) electrons. The van der Waals surface area contributed by atoms with Crippen LogP contribution in [0.15, 0.2) is 60.7 Å². The van der Waals surface area contributed by atoms with Crippen molar-refractivity contribution in [2.24, 2.45) is 0 Å². The second kappa shape index (κ2) is 6.71. The van der Waals surface area contributed by atoms with Crippen molar-refractivity contribution in [2.75, 3.05) is 0 Å². The molecule has 1 heteroatoms. The first kappa shape index (κ1) is 14.8. The van der Waals surface area contributed by atoms with Gasteiger partial charge in [-0.3, -0.25) is 4.90 Å². The molecule has 0 aliphatic heterocycles. The van der Waals surface area contributed by atoms with Gasteiger partial charge in [-0.05, 0) is 38.8 Å². The number of benzene rings is 2. The molecule has 106 valence electrons.